The van der Waals surface area contributed by atoms with E-state index in [1.807, 2.05) is 25.1 Å². The number of hydrogen-bond donors (Lipinski definition) is 1. The molecule has 0 bridgehead atoms. The number of aromatic nitrogens is 3. The summed E-state index contributed by atoms with van der Waals surface area (Å²) in [6, 6.07) is 8.99. The molecule has 0 radical (unpaired) electrons. The van der Waals surface area contributed by atoms with Crippen molar-refractivity contribution < 1.29 is 19.2 Å². The fourth-order valence-corrected chi connectivity index (χ4v) is 3.65. The molecule has 1 aliphatic rings. The highest BCUT2D eigenvalue weighted by Crippen LogP contribution is 2.29. The van der Waals surface area contributed by atoms with Crippen molar-refractivity contribution in [1.29, 1.82) is 0 Å². The van der Waals surface area contributed by atoms with Gasteiger partial charge >= 0.3 is 0 Å². The normalized spacial score (nSPS) is 18.7. The molecule has 1 aliphatic carbocycles. The minimum atomic E-state index is -0.373. The fraction of sp³-hybridized carbons (Fsp3) is 0.364. The van der Waals surface area contributed by atoms with Crippen LogP contribution < -0.4 is 4.74 Å². The van der Waals surface area contributed by atoms with Gasteiger partial charge in [0, 0.05) is 12.6 Å². The van der Waals surface area contributed by atoms with E-state index in [0.29, 0.717) is 29.3 Å². The smallest absolute Gasteiger partial charge is 0.181 e. The Morgan fingerprint density at radius 2 is 2.14 bits per heavy atom. The molecule has 7 nitrogen and oxygen atoms in total. The summed E-state index contributed by atoms with van der Waals surface area (Å²) in [4.78, 5) is 21.0. The maximum atomic E-state index is 12.4. The zero-order chi connectivity index (χ0) is 20.2. The molecule has 3 aromatic rings. The summed E-state index contributed by atoms with van der Waals surface area (Å²) in [6.45, 7) is 2.08. The number of carbonyl (C=O) groups is 1. The molecule has 1 fully saturated rings. The summed E-state index contributed by atoms with van der Waals surface area (Å²) in [5.74, 6) is 1.21. The average molecular weight is 393 g/mol. The van der Waals surface area contributed by atoms with Crippen LogP contribution in [0.1, 0.15) is 47.5 Å². The van der Waals surface area contributed by atoms with Crippen molar-refractivity contribution in [3.8, 4) is 17.1 Å². The highest BCUT2D eigenvalue weighted by Gasteiger charge is 2.28. The minimum absolute atomic E-state index is 0.0433. The second kappa shape index (κ2) is 8.53. The lowest BCUT2D eigenvalue weighted by atomic mass is 9.97. The van der Waals surface area contributed by atoms with E-state index < -0.39 is 0 Å². The van der Waals surface area contributed by atoms with Gasteiger partial charge in [0.05, 0.1) is 23.6 Å². The third-order valence-corrected chi connectivity index (χ3v) is 5.36. The topological polar surface area (TPSA) is 98.3 Å². The number of ketones is 1. The highest BCUT2D eigenvalue weighted by atomic mass is 16.5. The molecular weight excluding hydrogens is 370 g/mol. The Labute approximate surface area is 168 Å². The van der Waals surface area contributed by atoms with Gasteiger partial charge in [0.15, 0.2) is 5.78 Å². The average Bonchev–Trinajstić information content (AvgIpc) is 3.32. The zero-order valence-corrected chi connectivity index (χ0v) is 16.2. The van der Waals surface area contributed by atoms with Crippen LogP contribution in [0.5, 0.6) is 5.75 Å². The van der Waals surface area contributed by atoms with Crippen molar-refractivity contribution >= 4 is 5.78 Å². The molecule has 2 atom stereocenters. The Balaban J connectivity index is 1.40. The van der Waals surface area contributed by atoms with Crippen LogP contribution in [0.3, 0.4) is 0 Å². The van der Waals surface area contributed by atoms with Crippen LogP contribution in [0.25, 0.3) is 11.4 Å². The third kappa shape index (κ3) is 4.35. The van der Waals surface area contributed by atoms with Gasteiger partial charge in [-0.15, -0.1) is 0 Å². The van der Waals surface area contributed by atoms with Gasteiger partial charge in [-0.05, 0) is 49.9 Å². The number of aliphatic hydroxyl groups is 1. The van der Waals surface area contributed by atoms with E-state index in [1.165, 1.54) is 0 Å². The van der Waals surface area contributed by atoms with Crippen molar-refractivity contribution in [2.24, 2.45) is 5.92 Å². The minimum Gasteiger partial charge on any atom is -0.487 e. The first-order valence-electron chi connectivity index (χ1n) is 9.78. The molecule has 3 heterocycles. The summed E-state index contributed by atoms with van der Waals surface area (Å²) in [5, 5.41) is 14.0. The largest absolute Gasteiger partial charge is 0.487 e. The van der Waals surface area contributed by atoms with Gasteiger partial charge in [0.1, 0.15) is 29.5 Å². The van der Waals surface area contributed by atoms with Crippen molar-refractivity contribution in [2.75, 3.05) is 0 Å². The number of rotatable bonds is 7. The number of nitrogens with zero attached hydrogens (tertiary/aromatic N) is 3. The Morgan fingerprint density at radius 3 is 2.83 bits per heavy atom. The van der Waals surface area contributed by atoms with Crippen molar-refractivity contribution in [3.63, 3.8) is 0 Å². The van der Waals surface area contributed by atoms with E-state index >= 15 is 0 Å². The molecule has 0 aromatic carbocycles. The molecule has 0 spiro atoms. The molecule has 150 valence electrons. The predicted molar refractivity (Wildman–Crippen MR) is 105 cm³/mol. The first-order valence-corrected chi connectivity index (χ1v) is 9.78. The maximum absolute atomic E-state index is 12.4. The molecule has 4 rings (SSSR count). The Bertz CT molecular complexity index is 969. The number of aliphatic hydroxyl groups excluding tert-OH is 1. The number of ether oxygens (including phenoxy) is 1. The van der Waals surface area contributed by atoms with Gasteiger partial charge in [-0.25, -0.2) is 4.98 Å². The fourth-order valence-electron chi connectivity index (χ4n) is 3.65. The van der Waals surface area contributed by atoms with E-state index in [9.17, 15) is 9.90 Å². The summed E-state index contributed by atoms with van der Waals surface area (Å²) in [6.07, 6.45) is 5.85. The second-order valence-corrected chi connectivity index (χ2v) is 7.33. The first kappa shape index (κ1) is 19.3. The van der Waals surface area contributed by atoms with Crippen LogP contribution in [0.4, 0.5) is 0 Å². The van der Waals surface area contributed by atoms with Crippen LogP contribution in [-0.2, 0) is 6.61 Å². The van der Waals surface area contributed by atoms with Crippen molar-refractivity contribution in [2.45, 2.75) is 45.3 Å². The molecule has 1 N–H and O–H groups in total. The molecule has 0 amide bonds. The number of hydrogen-bond acceptors (Lipinski definition) is 7. The monoisotopic (exact) mass is 393 g/mol. The Kier molecular flexibility index (Phi) is 5.67. The molecule has 0 aliphatic heterocycles. The molecule has 29 heavy (non-hydrogen) atoms. The lowest BCUT2D eigenvalue weighted by Crippen LogP contribution is -2.17. The quantitative estimate of drug-likeness (QED) is 0.610. The predicted octanol–water partition coefficient (Wildman–Crippen LogP) is 3.75. The summed E-state index contributed by atoms with van der Waals surface area (Å²) >= 11 is 0. The molecule has 3 aromatic heterocycles. The van der Waals surface area contributed by atoms with Gasteiger partial charge in [-0.3, -0.25) is 9.78 Å². The lowest BCUT2D eigenvalue weighted by Gasteiger charge is -2.13. The van der Waals surface area contributed by atoms with Gasteiger partial charge in [-0.1, -0.05) is 17.6 Å². The van der Waals surface area contributed by atoms with Gasteiger partial charge in [0.25, 0.3) is 0 Å². The third-order valence-electron chi connectivity index (χ3n) is 5.36. The number of pyridine rings is 2. The summed E-state index contributed by atoms with van der Waals surface area (Å²) in [7, 11) is 0. The number of Topliss-reactive ketones (excluding diaryl/α,β-unsaturated/α-hetero) is 1. The van der Waals surface area contributed by atoms with Crippen LogP contribution in [-0.4, -0.2) is 32.1 Å². The van der Waals surface area contributed by atoms with E-state index in [-0.39, 0.29) is 24.4 Å². The lowest BCUT2D eigenvalue weighted by molar-refractivity contribution is 0.0863. The first-order chi connectivity index (χ1) is 14.1. The molecule has 0 saturated heterocycles. The van der Waals surface area contributed by atoms with Crippen LogP contribution in [0, 0.1) is 12.8 Å². The van der Waals surface area contributed by atoms with Gasteiger partial charge in [0.2, 0.25) is 0 Å². The van der Waals surface area contributed by atoms with Crippen molar-refractivity contribution in [1.82, 2.24) is 15.1 Å². The number of carbonyl (C=O) groups excluding carboxylic acids is 1. The van der Waals surface area contributed by atoms with E-state index in [2.05, 4.69) is 15.1 Å². The van der Waals surface area contributed by atoms with Gasteiger partial charge in [-0.2, -0.15) is 0 Å². The van der Waals surface area contributed by atoms with E-state index in [4.69, 9.17) is 9.26 Å². The standard InChI is InChI=1S/C22H23N3O4/c1-14-17(22(25-29-14)19-6-2-3-10-23-19)13-28-16-8-9-18(24-12-16)21(27)11-15-5-4-7-20(15)26/h2-3,6,8-10,12,15,20,26H,4-5,7,11,13H2,1H3/t15-,20+/m1/s1. The zero-order valence-electron chi connectivity index (χ0n) is 16.2. The maximum Gasteiger partial charge on any atom is 0.181 e. The van der Waals surface area contributed by atoms with Crippen molar-refractivity contribution in [3.05, 3.63) is 59.7 Å². The van der Waals surface area contributed by atoms with Crippen LogP contribution in [0.15, 0.2) is 47.2 Å². The molecule has 1 saturated carbocycles. The second-order valence-electron chi connectivity index (χ2n) is 7.33. The Morgan fingerprint density at radius 1 is 1.24 bits per heavy atom. The van der Waals surface area contributed by atoms with Crippen LogP contribution >= 0.6 is 0 Å². The molecule has 7 heteroatoms. The molecule has 0 unspecified atom stereocenters. The SMILES string of the molecule is Cc1onc(-c2ccccn2)c1COc1ccc(C(=O)C[C@H]2CCC[C@@H]2O)nc1. The highest BCUT2D eigenvalue weighted by molar-refractivity contribution is 5.94. The van der Waals surface area contributed by atoms with Crippen LogP contribution in [0.2, 0.25) is 0 Å². The van der Waals surface area contributed by atoms with E-state index in [1.54, 1.807) is 24.5 Å². The Hall–Kier alpha value is -3.06. The number of aryl methyl sites for hydroxylation is 1. The van der Waals surface area contributed by atoms with E-state index in [0.717, 1.165) is 30.5 Å². The summed E-state index contributed by atoms with van der Waals surface area (Å²) < 4.78 is 11.1. The summed E-state index contributed by atoms with van der Waals surface area (Å²) in [5.41, 5.74) is 2.58. The molecular formula is C22H23N3O4. The van der Waals surface area contributed by atoms with Gasteiger partial charge < -0.3 is 14.4 Å².